The Morgan fingerprint density at radius 3 is 2.38 bits per heavy atom. The maximum atomic E-state index is 13.4. The van der Waals surface area contributed by atoms with Gasteiger partial charge in [0.05, 0.1) is 7.11 Å². The quantitative estimate of drug-likeness (QED) is 0.454. The molecule has 1 aromatic heterocycles. The molecule has 2 fully saturated rings. The zero-order chi connectivity index (χ0) is 28.1. The number of fused-ring (bicyclic) bond motifs is 1. The lowest BCUT2D eigenvalue weighted by Crippen LogP contribution is -2.53. The zero-order valence-corrected chi connectivity index (χ0v) is 22.9. The Kier molecular flexibility index (Phi) is 6.59. The van der Waals surface area contributed by atoms with Gasteiger partial charge in [0, 0.05) is 26.2 Å². The number of carbonyl (C=O) groups excluding carboxylic acids is 3. The van der Waals surface area contributed by atoms with E-state index in [0.717, 1.165) is 15.7 Å². The van der Waals surface area contributed by atoms with Gasteiger partial charge in [-0.2, -0.15) is 4.31 Å². The topological polar surface area (TPSA) is 142 Å². The predicted molar refractivity (Wildman–Crippen MR) is 139 cm³/mol. The Morgan fingerprint density at radius 1 is 1.08 bits per heavy atom. The summed E-state index contributed by atoms with van der Waals surface area (Å²) in [6.07, 6.45) is 0. The molecular weight excluding hydrogens is 526 g/mol. The van der Waals surface area contributed by atoms with E-state index in [2.05, 4.69) is 10.5 Å². The summed E-state index contributed by atoms with van der Waals surface area (Å²) in [7, 11) is -2.25. The first-order valence-electron chi connectivity index (χ1n) is 12.4. The van der Waals surface area contributed by atoms with Gasteiger partial charge in [-0.15, -0.1) is 0 Å². The van der Waals surface area contributed by atoms with Crippen molar-refractivity contribution in [3.05, 3.63) is 53.4 Å². The number of hydrogen-bond donors (Lipinski definition) is 1. The van der Waals surface area contributed by atoms with Crippen molar-refractivity contribution in [2.45, 2.75) is 31.2 Å². The molecule has 2 aliphatic heterocycles. The van der Waals surface area contributed by atoms with Crippen molar-refractivity contribution >= 4 is 38.6 Å². The molecule has 2 saturated heterocycles. The van der Waals surface area contributed by atoms with Gasteiger partial charge < -0.3 is 19.5 Å². The summed E-state index contributed by atoms with van der Waals surface area (Å²) in [5.41, 5.74) is -0.475. The second kappa shape index (κ2) is 9.65. The number of nitrogens with zero attached hydrogens (tertiary/aromatic N) is 4. The van der Waals surface area contributed by atoms with Crippen molar-refractivity contribution < 1.29 is 32.1 Å². The van der Waals surface area contributed by atoms with Crippen molar-refractivity contribution in [2.24, 2.45) is 0 Å². The zero-order valence-electron chi connectivity index (χ0n) is 22.1. The Labute approximate surface area is 225 Å². The van der Waals surface area contributed by atoms with Crippen molar-refractivity contribution in [2.75, 3.05) is 39.8 Å². The van der Waals surface area contributed by atoms with Crippen LogP contribution in [0.15, 0.2) is 45.8 Å². The fraction of sp³-hybridized carbons (Fsp3) is 0.385. The van der Waals surface area contributed by atoms with E-state index < -0.39 is 40.0 Å². The number of amides is 4. The van der Waals surface area contributed by atoms with E-state index in [-0.39, 0.29) is 42.5 Å². The number of sulfonamides is 1. The molecular formula is C26H29N5O7S. The standard InChI is InChI=1S/C26H29N5O7S/c1-16-23(17(2)38-28-16)39(35,36)30-11-9-29(10-12-30)22(32)15-31-24(33)26(3,27-25(31)34)20-7-5-19-14-21(37-4)8-6-18(19)13-20/h5-8,13-14H,9-12,15H2,1-4H3,(H,27,34)/t26-/m1/s1. The number of ether oxygens (including phenoxy) is 1. The molecule has 39 heavy (non-hydrogen) atoms. The third-order valence-corrected chi connectivity index (χ3v) is 9.49. The Bertz CT molecular complexity index is 1570. The molecule has 3 aromatic rings. The minimum Gasteiger partial charge on any atom is -0.497 e. The molecule has 5 rings (SSSR count). The number of aromatic nitrogens is 1. The molecule has 4 amide bonds. The van der Waals surface area contributed by atoms with E-state index in [1.807, 2.05) is 30.3 Å². The molecule has 0 unspecified atom stereocenters. The average molecular weight is 556 g/mol. The second-order valence-electron chi connectivity index (χ2n) is 9.81. The molecule has 2 aliphatic rings. The van der Waals surface area contributed by atoms with Crippen LogP contribution in [0.5, 0.6) is 5.75 Å². The van der Waals surface area contributed by atoms with Crippen molar-refractivity contribution in [3.63, 3.8) is 0 Å². The Morgan fingerprint density at radius 2 is 1.74 bits per heavy atom. The lowest BCUT2D eigenvalue weighted by Gasteiger charge is -2.34. The number of rotatable bonds is 6. The first kappa shape index (κ1) is 26.6. The smallest absolute Gasteiger partial charge is 0.325 e. The van der Waals surface area contributed by atoms with Crippen LogP contribution in [-0.2, 0) is 25.2 Å². The van der Waals surface area contributed by atoms with Gasteiger partial charge in [-0.05, 0) is 55.3 Å². The molecule has 13 heteroatoms. The van der Waals surface area contributed by atoms with Crippen LogP contribution in [0.3, 0.4) is 0 Å². The molecule has 0 spiro atoms. The highest BCUT2D eigenvalue weighted by molar-refractivity contribution is 7.89. The first-order chi connectivity index (χ1) is 18.5. The van der Waals surface area contributed by atoms with E-state index >= 15 is 0 Å². The maximum absolute atomic E-state index is 13.4. The number of aryl methyl sites for hydroxylation is 2. The van der Waals surface area contributed by atoms with E-state index in [4.69, 9.17) is 9.26 Å². The minimum absolute atomic E-state index is 0.0359. The van der Waals surface area contributed by atoms with Crippen LogP contribution in [0.25, 0.3) is 10.8 Å². The summed E-state index contributed by atoms with van der Waals surface area (Å²) in [4.78, 5) is 41.7. The van der Waals surface area contributed by atoms with E-state index in [0.29, 0.717) is 11.3 Å². The van der Waals surface area contributed by atoms with Gasteiger partial charge in [0.1, 0.15) is 28.4 Å². The van der Waals surface area contributed by atoms with Crippen molar-refractivity contribution in [1.29, 1.82) is 0 Å². The number of carbonyl (C=O) groups is 3. The Balaban J connectivity index is 1.26. The molecule has 1 atom stereocenters. The van der Waals surface area contributed by atoms with E-state index in [1.165, 1.54) is 16.1 Å². The van der Waals surface area contributed by atoms with Crippen LogP contribution in [-0.4, -0.2) is 85.4 Å². The Hall–Kier alpha value is -3.97. The molecule has 1 N–H and O–H groups in total. The van der Waals surface area contributed by atoms with Gasteiger partial charge in [0.15, 0.2) is 5.76 Å². The summed E-state index contributed by atoms with van der Waals surface area (Å²) in [5, 5.41) is 8.24. The number of nitrogens with one attached hydrogen (secondary N) is 1. The molecule has 206 valence electrons. The van der Waals surface area contributed by atoms with E-state index in [1.54, 1.807) is 27.0 Å². The fourth-order valence-electron chi connectivity index (χ4n) is 5.08. The lowest BCUT2D eigenvalue weighted by atomic mass is 9.90. The minimum atomic E-state index is -3.83. The van der Waals surface area contributed by atoms with E-state index in [9.17, 15) is 22.8 Å². The molecule has 0 bridgehead atoms. The van der Waals surface area contributed by atoms with Crippen LogP contribution in [0.4, 0.5) is 4.79 Å². The maximum Gasteiger partial charge on any atom is 0.325 e. The lowest BCUT2D eigenvalue weighted by molar-refractivity contribution is -0.139. The SMILES string of the molecule is COc1ccc2cc([C@@]3(C)NC(=O)N(CC(=O)N4CCN(S(=O)(=O)c5c(C)noc5C)CC4)C3=O)ccc2c1. The average Bonchev–Trinajstić information content (AvgIpc) is 3.38. The predicted octanol–water partition coefficient (Wildman–Crippen LogP) is 1.75. The summed E-state index contributed by atoms with van der Waals surface area (Å²) < 4.78 is 37.7. The van der Waals surface area contributed by atoms with Crippen LogP contribution in [0, 0.1) is 13.8 Å². The molecule has 0 aliphatic carbocycles. The number of piperazine rings is 1. The largest absolute Gasteiger partial charge is 0.497 e. The molecule has 2 aromatic carbocycles. The monoisotopic (exact) mass is 555 g/mol. The van der Waals surface area contributed by atoms with Gasteiger partial charge in [-0.1, -0.05) is 23.4 Å². The number of imide groups is 1. The molecule has 12 nitrogen and oxygen atoms in total. The molecule has 0 saturated carbocycles. The number of hydrogen-bond acceptors (Lipinski definition) is 8. The summed E-state index contributed by atoms with van der Waals surface area (Å²) >= 11 is 0. The second-order valence-corrected chi connectivity index (χ2v) is 11.7. The van der Waals surface area contributed by atoms with Gasteiger partial charge in [-0.3, -0.25) is 14.5 Å². The summed E-state index contributed by atoms with van der Waals surface area (Å²) in [6, 6.07) is 10.3. The molecule has 3 heterocycles. The summed E-state index contributed by atoms with van der Waals surface area (Å²) in [6.45, 7) is 4.64. The molecule has 0 radical (unpaired) electrons. The van der Waals surface area contributed by atoms with Gasteiger partial charge >= 0.3 is 6.03 Å². The van der Waals surface area contributed by atoms with Gasteiger partial charge in [0.25, 0.3) is 5.91 Å². The summed E-state index contributed by atoms with van der Waals surface area (Å²) in [5.74, 6) is -0.0617. The van der Waals surface area contributed by atoms with Crippen molar-refractivity contribution in [3.8, 4) is 5.75 Å². The van der Waals surface area contributed by atoms with Crippen LogP contribution in [0.1, 0.15) is 23.9 Å². The fourth-order valence-corrected chi connectivity index (χ4v) is 6.80. The highest BCUT2D eigenvalue weighted by atomic mass is 32.2. The number of methoxy groups -OCH3 is 1. The van der Waals surface area contributed by atoms with Gasteiger partial charge in [0.2, 0.25) is 15.9 Å². The highest BCUT2D eigenvalue weighted by Gasteiger charge is 2.50. The number of urea groups is 1. The van der Waals surface area contributed by atoms with Crippen molar-refractivity contribution in [1.82, 2.24) is 24.6 Å². The third kappa shape index (κ3) is 4.51. The third-order valence-electron chi connectivity index (χ3n) is 7.35. The van der Waals surface area contributed by atoms with Crippen LogP contribution >= 0.6 is 0 Å². The normalized spacial score (nSPS) is 20.5. The highest BCUT2D eigenvalue weighted by Crippen LogP contribution is 2.32. The number of benzene rings is 2. The first-order valence-corrected chi connectivity index (χ1v) is 13.8. The van der Waals surface area contributed by atoms with Crippen LogP contribution < -0.4 is 10.1 Å². The van der Waals surface area contributed by atoms with Crippen LogP contribution in [0.2, 0.25) is 0 Å². The van der Waals surface area contributed by atoms with Gasteiger partial charge in [-0.25, -0.2) is 13.2 Å².